The Labute approximate surface area is 425 Å². The van der Waals surface area contributed by atoms with Gasteiger partial charge in [-0.05, 0) is 70.3 Å². The van der Waals surface area contributed by atoms with Gasteiger partial charge in [-0.1, -0.05) is 228 Å². The lowest BCUT2D eigenvalue weighted by Gasteiger charge is -2.30. The number of ether oxygens (including phenoxy) is 1. The fraction of sp³-hybridized carbons (Fsp3) is 0.729. The van der Waals surface area contributed by atoms with E-state index in [0.29, 0.717) is 23.9 Å². The summed E-state index contributed by atoms with van der Waals surface area (Å²) in [6, 6.07) is -0.919. The van der Waals surface area contributed by atoms with E-state index in [-0.39, 0.29) is 18.9 Å². The summed E-state index contributed by atoms with van der Waals surface area (Å²) >= 11 is 0. The van der Waals surface area contributed by atoms with Crippen LogP contribution in [0.5, 0.6) is 0 Å². The summed E-state index contributed by atoms with van der Waals surface area (Å²) in [6.07, 6.45) is 62.7. The number of phosphoric acid groups is 1. The molecule has 1 N–H and O–H groups in total. The number of rotatable bonds is 49. The first-order valence-electron chi connectivity index (χ1n) is 27.9. The molecule has 0 rings (SSSR count). The quantitative estimate of drug-likeness (QED) is 0.0212. The monoisotopic (exact) mass is 985 g/mol. The molecular weight excluding hydrogens is 880 g/mol. The molecule has 0 radical (unpaired) electrons. The highest BCUT2D eigenvalue weighted by atomic mass is 31.2. The van der Waals surface area contributed by atoms with Crippen LogP contribution in [0, 0.1) is 0 Å². The number of likely N-dealkylation sites (N-methyl/N-ethyl adjacent to an activating group) is 1. The molecule has 0 aromatic heterocycles. The molecule has 398 valence electrons. The van der Waals surface area contributed by atoms with Gasteiger partial charge < -0.3 is 28.5 Å². The highest BCUT2D eigenvalue weighted by molar-refractivity contribution is 7.45. The predicted molar refractivity (Wildman–Crippen MR) is 293 cm³/mol. The first-order chi connectivity index (χ1) is 33.4. The molecule has 0 aliphatic carbocycles. The Balaban J connectivity index is 5.49. The van der Waals surface area contributed by atoms with Crippen LogP contribution in [-0.2, 0) is 27.9 Å². The number of quaternary nitrogens is 1. The first-order valence-corrected chi connectivity index (χ1v) is 29.4. The average Bonchev–Trinajstić information content (AvgIpc) is 3.31. The molecule has 10 heteroatoms. The Morgan fingerprint density at radius 2 is 0.942 bits per heavy atom. The van der Waals surface area contributed by atoms with Crippen LogP contribution in [0.2, 0.25) is 0 Å². The fourth-order valence-electron chi connectivity index (χ4n) is 7.55. The zero-order chi connectivity index (χ0) is 50.8. The summed E-state index contributed by atoms with van der Waals surface area (Å²) in [6.45, 7) is 6.66. The minimum atomic E-state index is -4.71. The van der Waals surface area contributed by atoms with Crippen molar-refractivity contribution in [2.75, 3.05) is 40.9 Å². The van der Waals surface area contributed by atoms with Gasteiger partial charge >= 0.3 is 5.97 Å². The van der Waals surface area contributed by atoms with E-state index >= 15 is 0 Å². The molecule has 0 aliphatic rings. The van der Waals surface area contributed by atoms with E-state index < -0.39 is 32.5 Å². The van der Waals surface area contributed by atoms with Gasteiger partial charge in [-0.3, -0.25) is 14.2 Å². The number of phosphoric ester groups is 1. The van der Waals surface area contributed by atoms with E-state index in [0.717, 1.165) is 77.0 Å². The smallest absolute Gasteiger partial charge is 0.306 e. The van der Waals surface area contributed by atoms with Crippen LogP contribution >= 0.6 is 7.82 Å². The molecule has 0 aromatic rings. The molecule has 9 nitrogen and oxygen atoms in total. The van der Waals surface area contributed by atoms with Crippen LogP contribution in [-0.4, -0.2) is 69.4 Å². The molecule has 0 aromatic carbocycles. The molecular formula is C59H105N2O7P. The first kappa shape index (κ1) is 66.2. The second-order valence-electron chi connectivity index (χ2n) is 19.7. The molecule has 0 heterocycles. The van der Waals surface area contributed by atoms with E-state index in [2.05, 4.69) is 86.8 Å². The van der Waals surface area contributed by atoms with Crippen molar-refractivity contribution < 1.29 is 37.3 Å². The minimum absolute atomic E-state index is 0.0357. The number of hydrogen-bond acceptors (Lipinski definition) is 7. The maximum atomic E-state index is 13.4. The van der Waals surface area contributed by atoms with Crippen LogP contribution in [0.1, 0.15) is 226 Å². The second-order valence-corrected chi connectivity index (χ2v) is 21.1. The Bertz CT molecular complexity index is 1460. The molecule has 0 aliphatic heterocycles. The zero-order valence-electron chi connectivity index (χ0n) is 45.2. The maximum Gasteiger partial charge on any atom is 0.306 e. The Morgan fingerprint density at radius 3 is 1.39 bits per heavy atom. The number of nitrogens with zero attached hydrogens (tertiary/aromatic N) is 1. The van der Waals surface area contributed by atoms with Crippen LogP contribution in [0.15, 0.2) is 85.1 Å². The average molecular weight is 985 g/mol. The number of unbranched alkanes of at least 4 members (excludes halogenated alkanes) is 21. The van der Waals surface area contributed by atoms with Crippen molar-refractivity contribution in [2.45, 2.75) is 238 Å². The fourth-order valence-corrected chi connectivity index (χ4v) is 8.27. The lowest BCUT2D eigenvalue weighted by molar-refractivity contribution is -0.870. The largest absolute Gasteiger partial charge is 0.756 e. The van der Waals surface area contributed by atoms with E-state index in [1.807, 2.05) is 39.4 Å². The van der Waals surface area contributed by atoms with Gasteiger partial charge in [0.05, 0.1) is 33.8 Å². The summed E-state index contributed by atoms with van der Waals surface area (Å²) in [7, 11) is 1.14. The molecule has 1 amide bonds. The van der Waals surface area contributed by atoms with Crippen LogP contribution in [0.25, 0.3) is 0 Å². The van der Waals surface area contributed by atoms with Crippen molar-refractivity contribution in [3.63, 3.8) is 0 Å². The summed E-state index contributed by atoms with van der Waals surface area (Å²) in [5.74, 6) is -0.642. The normalized spacial score (nSPS) is 14.5. The van der Waals surface area contributed by atoms with Crippen molar-refractivity contribution in [3.05, 3.63) is 85.1 Å². The van der Waals surface area contributed by atoms with Crippen molar-refractivity contribution in [3.8, 4) is 0 Å². The molecule has 0 bridgehead atoms. The number of esters is 1. The van der Waals surface area contributed by atoms with E-state index in [4.69, 9.17) is 13.8 Å². The zero-order valence-corrected chi connectivity index (χ0v) is 46.1. The van der Waals surface area contributed by atoms with Gasteiger partial charge in [-0.2, -0.15) is 0 Å². The number of carbonyl (C=O) groups excluding carboxylic acids is 2. The van der Waals surface area contributed by atoms with Crippen molar-refractivity contribution >= 4 is 19.7 Å². The Hall–Kier alpha value is -2.81. The van der Waals surface area contributed by atoms with Crippen LogP contribution in [0.3, 0.4) is 0 Å². The summed E-state index contributed by atoms with van der Waals surface area (Å²) in [4.78, 5) is 39.7. The van der Waals surface area contributed by atoms with Gasteiger partial charge in [-0.25, -0.2) is 0 Å². The highest BCUT2D eigenvalue weighted by Crippen LogP contribution is 2.38. The van der Waals surface area contributed by atoms with Gasteiger partial charge in [-0.15, -0.1) is 0 Å². The standard InChI is InChI=1S/C59H105N2O7P/c1-7-10-13-16-19-22-25-27-28-29-30-31-32-34-37-40-43-46-49-52-59(63)68-57(50-47-44-41-38-36-33-26-23-20-17-14-11-8-2)56(55-67-69(64,65)66-54-53-61(4,5)6)60-58(62)51-48-45-42-39-35-24-21-18-15-12-9-3/h10,13,19,22,27-28,30-31,34,37,43,46-47,50,56-57H,7-9,11-12,14-18,20-21,23-26,29,32-33,35-36,38-42,44-45,48-49,51-55H2,1-6H3,(H-,60,62,64,65)/b13-10-,22-19-,28-27-,31-30-,37-34-,46-43-,50-47-. The SMILES string of the molecule is CC/C=C\C/C=C\C/C=C\C/C=C\C/C=C\C/C=C\CCC(=O)OC(/C=C\CCCCCCCCCCCCC)C(COP(=O)([O-])OCC[N+](C)(C)C)NC(=O)CCCCCCCCCCCCC. The predicted octanol–water partition coefficient (Wildman–Crippen LogP) is 16.0. The molecule has 0 saturated heterocycles. The molecule has 3 unspecified atom stereocenters. The topological polar surface area (TPSA) is 114 Å². The minimum Gasteiger partial charge on any atom is -0.756 e. The van der Waals surface area contributed by atoms with Crippen molar-refractivity contribution in [2.24, 2.45) is 0 Å². The number of allylic oxidation sites excluding steroid dienone is 13. The third-order valence-electron chi connectivity index (χ3n) is 11.9. The Kier molecular flexibility index (Phi) is 46.8. The van der Waals surface area contributed by atoms with E-state index in [9.17, 15) is 19.0 Å². The number of nitrogens with one attached hydrogen (secondary N) is 1. The lowest BCUT2D eigenvalue weighted by Crippen LogP contribution is -2.47. The summed E-state index contributed by atoms with van der Waals surface area (Å²) in [5.41, 5.74) is 0. The van der Waals surface area contributed by atoms with Crippen LogP contribution in [0.4, 0.5) is 0 Å². The number of amides is 1. The molecule has 0 saturated carbocycles. The lowest BCUT2D eigenvalue weighted by atomic mass is 10.0. The van der Waals surface area contributed by atoms with Gasteiger partial charge in [0.2, 0.25) is 5.91 Å². The highest BCUT2D eigenvalue weighted by Gasteiger charge is 2.27. The van der Waals surface area contributed by atoms with Crippen molar-refractivity contribution in [1.82, 2.24) is 5.32 Å². The Morgan fingerprint density at radius 1 is 0.522 bits per heavy atom. The third-order valence-corrected chi connectivity index (χ3v) is 12.8. The third kappa shape index (κ3) is 49.9. The molecule has 69 heavy (non-hydrogen) atoms. The molecule has 0 spiro atoms. The number of hydrogen-bond donors (Lipinski definition) is 1. The van der Waals surface area contributed by atoms with Gasteiger partial charge in [0, 0.05) is 12.8 Å². The van der Waals surface area contributed by atoms with Gasteiger partial charge in [0.25, 0.3) is 7.82 Å². The van der Waals surface area contributed by atoms with Gasteiger partial charge in [0.15, 0.2) is 0 Å². The van der Waals surface area contributed by atoms with Gasteiger partial charge in [0.1, 0.15) is 19.3 Å². The molecule has 3 atom stereocenters. The van der Waals surface area contributed by atoms with E-state index in [1.54, 1.807) is 6.08 Å². The van der Waals surface area contributed by atoms with E-state index in [1.165, 1.54) is 109 Å². The summed E-state index contributed by atoms with van der Waals surface area (Å²) < 4.78 is 30.1. The molecule has 0 fully saturated rings. The maximum absolute atomic E-state index is 13.4. The second kappa shape index (κ2) is 48.8. The summed E-state index contributed by atoms with van der Waals surface area (Å²) in [5, 5.41) is 2.99. The number of carbonyl (C=O) groups is 2. The van der Waals surface area contributed by atoms with Crippen LogP contribution < -0.4 is 10.2 Å². The van der Waals surface area contributed by atoms with Crippen molar-refractivity contribution in [1.29, 1.82) is 0 Å².